The number of carboxylic acid groups (broad SMARTS) is 2. The summed E-state index contributed by atoms with van der Waals surface area (Å²) in [5.41, 5.74) is 3.55. The number of piperidine rings is 1. The van der Waals surface area contributed by atoms with E-state index in [0.717, 1.165) is 43.6 Å². The summed E-state index contributed by atoms with van der Waals surface area (Å²) in [4.78, 5) is 32.9. The van der Waals surface area contributed by atoms with Gasteiger partial charge in [-0.1, -0.05) is 47.1 Å². The predicted molar refractivity (Wildman–Crippen MR) is 140 cm³/mol. The quantitative estimate of drug-likeness (QED) is 0.349. The molecule has 0 spiro atoms. The standard InChI is InChI=1S/C23H26ClN3O2.C4H4O4/c1-16(28)25-22-14-23-19(13-20(22)24)21(26-29-23)8-7-17-9-11-27(12-10-17)15-18-5-3-2-4-6-18;5-3(6)1-2-4(7)8/h2-6,13-14,17H,7-12,15H2,1H3,(H,25,28);1-2H,(H,5,6)(H,7,8). The molecule has 0 radical (unpaired) electrons. The minimum absolute atomic E-state index is 0.162. The molecule has 0 bridgehead atoms. The number of amides is 1. The van der Waals surface area contributed by atoms with Crippen LogP contribution in [0.1, 0.15) is 37.4 Å². The third-order valence-electron chi connectivity index (χ3n) is 6.06. The van der Waals surface area contributed by atoms with Crippen molar-refractivity contribution in [3.05, 3.63) is 70.9 Å². The number of anilines is 1. The summed E-state index contributed by atoms with van der Waals surface area (Å²) >= 11 is 6.32. The van der Waals surface area contributed by atoms with Crippen molar-refractivity contribution in [2.24, 2.45) is 5.92 Å². The molecule has 1 saturated heterocycles. The zero-order valence-corrected chi connectivity index (χ0v) is 21.3. The van der Waals surface area contributed by atoms with Crippen LogP contribution in [0.2, 0.25) is 5.02 Å². The van der Waals surface area contributed by atoms with Crippen LogP contribution >= 0.6 is 11.6 Å². The molecule has 1 aromatic heterocycles. The Labute approximate surface area is 219 Å². The van der Waals surface area contributed by atoms with Crippen molar-refractivity contribution >= 4 is 46.1 Å². The highest BCUT2D eigenvalue weighted by molar-refractivity contribution is 6.34. The second-order valence-electron chi connectivity index (χ2n) is 8.89. The molecule has 2 heterocycles. The van der Waals surface area contributed by atoms with Crippen molar-refractivity contribution in [3.8, 4) is 0 Å². The Bertz CT molecular complexity index is 1230. The number of carbonyl (C=O) groups excluding carboxylic acids is 1. The third-order valence-corrected chi connectivity index (χ3v) is 6.37. The van der Waals surface area contributed by atoms with E-state index in [1.165, 1.54) is 25.3 Å². The largest absolute Gasteiger partial charge is 0.478 e. The first kappa shape index (κ1) is 27.9. The van der Waals surface area contributed by atoms with Gasteiger partial charge in [0, 0.05) is 37.1 Å². The zero-order valence-electron chi connectivity index (χ0n) is 20.5. The van der Waals surface area contributed by atoms with Crippen LogP contribution in [0.15, 0.2) is 59.1 Å². The monoisotopic (exact) mass is 527 g/mol. The molecule has 2 aromatic carbocycles. The molecular formula is C27H30ClN3O6. The average Bonchev–Trinajstić information content (AvgIpc) is 3.24. The van der Waals surface area contributed by atoms with Crippen molar-refractivity contribution in [1.29, 1.82) is 0 Å². The summed E-state index contributed by atoms with van der Waals surface area (Å²) < 4.78 is 5.48. The van der Waals surface area contributed by atoms with E-state index in [4.69, 9.17) is 26.3 Å². The van der Waals surface area contributed by atoms with Crippen molar-refractivity contribution in [2.75, 3.05) is 18.4 Å². The minimum atomic E-state index is -1.26. The maximum absolute atomic E-state index is 11.3. The van der Waals surface area contributed by atoms with Gasteiger partial charge in [0.25, 0.3) is 0 Å². The molecule has 0 aliphatic carbocycles. The Kier molecular flexibility index (Phi) is 10.2. The number of aromatic nitrogens is 1. The van der Waals surface area contributed by atoms with E-state index >= 15 is 0 Å². The Balaban J connectivity index is 0.000000414. The van der Waals surface area contributed by atoms with Gasteiger partial charge >= 0.3 is 11.9 Å². The van der Waals surface area contributed by atoms with Crippen LogP contribution < -0.4 is 5.32 Å². The summed E-state index contributed by atoms with van der Waals surface area (Å²) in [6.45, 7) is 4.78. The first-order chi connectivity index (χ1) is 17.7. The Hall–Kier alpha value is -3.69. The number of rotatable bonds is 8. The molecule has 1 amide bonds. The molecule has 0 unspecified atom stereocenters. The lowest BCUT2D eigenvalue weighted by atomic mass is 9.91. The normalized spacial score (nSPS) is 14.3. The van der Waals surface area contributed by atoms with Crippen molar-refractivity contribution < 1.29 is 29.1 Å². The molecule has 1 aliphatic heterocycles. The van der Waals surface area contributed by atoms with Crippen LogP contribution in [0, 0.1) is 5.92 Å². The SMILES string of the molecule is CC(=O)Nc1cc2onc(CCC3CCN(Cc4ccccc4)CC3)c2cc1Cl.O=C(O)C=CC(=O)O. The fraction of sp³-hybridized carbons (Fsp3) is 0.333. The van der Waals surface area contributed by atoms with Gasteiger partial charge in [0.15, 0.2) is 5.58 Å². The number of nitrogens with zero attached hydrogens (tertiary/aromatic N) is 2. The number of aliphatic carboxylic acids is 2. The van der Waals surface area contributed by atoms with Crippen LogP contribution in [-0.4, -0.2) is 51.2 Å². The average molecular weight is 528 g/mol. The third kappa shape index (κ3) is 9.04. The number of benzene rings is 2. The molecule has 0 atom stereocenters. The number of nitrogens with one attached hydrogen (secondary N) is 1. The van der Waals surface area contributed by atoms with E-state index in [1.54, 1.807) is 6.07 Å². The fourth-order valence-corrected chi connectivity index (χ4v) is 4.44. The van der Waals surface area contributed by atoms with E-state index in [2.05, 4.69) is 45.7 Å². The highest BCUT2D eigenvalue weighted by atomic mass is 35.5. The van der Waals surface area contributed by atoms with Crippen LogP contribution in [0.3, 0.4) is 0 Å². The maximum Gasteiger partial charge on any atom is 0.328 e. The van der Waals surface area contributed by atoms with E-state index in [-0.39, 0.29) is 5.91 Å². The number of fused-ring (bicyclic) bond motifs is 1. The van der Waals surface area contributed by atoms with Gasteiger partial charge in [-0.2, -0.15) is 0 Å². The zero-order chi connectivity index (χ0) is 26.8. The van der Waals surface area contributed by atoms with Crippen LogP contribution in [-0.2, 0) is 27.3 Å². The number of hydrogen-bond donors (Lipinski definition) is 3. The van der Waals surface area contributed by atoms with Gasteiger partial charge in [-0.3, -0.25) is 9.69 Å². The van der Waals surface area contributed by atoms with Crippen LogP contribution in [0.5, 0.6) is 0 Å². The van der Waals surface area contributed by atoms with Gasteiger partial charge in [0.2, 0.25) is 5.91 Å². The second kappa shape index (κ2) is 13.6. The van der Waals surface area contributed by atoms with E-state index in [1.807, 2.05) is 6.07 Å². The summed E-state index contributed by atoms with van der Waals surface area (Å²) in [6.07, 6.45) is 5.54. The van der Waals surface area contributed by atoms with Gasteiger partial charge in [-0.15, -0.1) is 0 Å². The number of carboxylic acids is 2. The number of halogens is 1. The summed E-state index contributed by atoms with van der Waals surface area (Å²) in [7, 11) is 0. The molecule has 196 valence electrons. The highest BCUT2D eigenvalue weighted by Gasteiger charge is 2.20. The summed E-state index contributed by atoms with van der Waals surface area (Å²) in [5, 5.41) is 24.0. The predicted octanol–water partition coefficient (Wildman–Crippen LogP) is 5.00. The van der Waals surface area contributed by atoms with Gasteiger partial charge in [0.1, 0.15) is 0 Å². The molecule has 9 nitrogen and oxygen atoms in total. The van der Waals surface area contributed by atoms with Gasteiger partial charge < -0.3 is 20.1 Å². The lowest BCUT2D eigenvalue weighted by molar-refractivity contribution is -0.134. The van der Waals surface area contributed by atoms with E-state index in [9.17, 15) is 14.4 Å². The lowest BCUT2D eigenvalue weighted by Crippen LogP contribution is -2.33. The number of carbonyl (C=O) groups is 3. The highest BCUT2D eigenvalue weighted by Crippen LogP contribution is 2.32. The van der Waals surface area contributed by atoms with Gasteiger partial charge in [-0.05, 0) is 56.3 Å². The Morgan fingerprint density at radius 3 is 2.35 bits per heavy atom. The van der Waals surface area contributed by atoms with E-state index in [0.29, 0.717) is 34.4 Å². The number of aryl methyl sites for hydroxylation is 1. The molecule has 3 aromatic rings. The minimum Gasteiger partial charge on any atom is -0.478 e. The van der Waals surface area contributed by atoms with Crippen LogP contribution in [0.25, 0.3) is 11.0 Å². The maximum atomic E-state index is 11.3. The number of likely N-dealkylation sites (tertiary alicyclic amines) is 1. The van der Waals surface area contributed by atoms with Crippen molar-refractivity contribution in [1.82, 2.24) is 10.1 Å². The Morgan fingerprint density at radius 1 is 1.11 bits per heavy atom. The first-order valence-electron chi connectivity index (χ1n) is 12.0. The molecule has 1 fully saturated rings. The molecule has 1 aliphatic rings. The number of hydrogen-bond acceptors (Lipinski definition) is 6. The first-order valence-corrected chi connectivity index (χ1v) is 12.3. The smallest absolute Gasteiger partial charge is 0.328 e. The topological polar surface area (TPSA) is 133 Å². The van der Waals surface area contributed by atoms with E-state index < -0.39 is 11.9 Å². The summed E-state index contributed by atoms with van der Waals surface area (Å²) in [5.74, 6) is -1.97. The molecule has 37 heavy (non-hydrogen) atoms. The second-order valence-corrected chi connectivity index (χ2v) is 9.30. The van der Waals surface area contributed by atoms with Crippen molar-refractivity contribution in [2.45, 2.75) is 39.2 Å². The molecule has 3 N–H and O–H groups in total. The summed E-state index contributed by atoms with van der Waals surface area (Å²) in [6, 6.07) is 14.3. The Morgan fingerprint density at radius 2 is 1.76 bits per heavy atom. The lowest BCUT2D eigenvalue weighted by Gasteiger charge is -2.31. The van der Waals surface area contributed by atoms with Gasteiger partial charge in [-0.25, -0.2) is 9.59 Å². The van der Waals surface area contributed by atoms with Gasteiger partial charge in [0.05, 0.1) is 16.4 Å². The molecule has 4 rings (SSSR count). The van der Waals surface area contributed by atoms with Crippen molar-refractivity contribution in [3.63, 3.8) is 0 Å². The molecule has 10 heteroatoms. The molecule has 0 saturated carbocycles. The molecular weight excluding hydrogens is 498 g/mol. The van der Waals surface area contributed by atoms with Crippen LogP contribution in [0.4, 0.5) is 5.69 Å². The fourth-order valence-electron chi connectivity index (χ4n) is 4.23.